The lowest BCUT2D eigenvalue weighted by Crippen LogP contribution is -2.39. The summed E-state index contributed by atoms with van der Waals surface area (Å²) in [5.74, 6) is -0.340. The quantitative estimate of drug-likeness (QED) is 0.721. The van der Waals surface area contributed by atoms with Gasteiger partial charge in [0.1, 0.15) is 0 Å². The highest BCUT2D eigenvalue weighted by Crippen LogP contribution is 2.13. The SMILES string of the molecule is O=C(NC(CO)CO)c1ccc(Br)o1. The molecule has 0 aliphatic carbocycles. The van der Waals surface area contributed by atoms with Crippen molar-refractivity contribution in [3.05, 3.63) is 22.6 Å². The van der Waals surface area contributed by atoms with Gasteiger partial charge in [0.05, 0.1) is 19.3 Å². The summed E-state index contributed by atoms with van der Waals surface area (Å²) >= 11 is 3.06. The van der Waals surface area contributed by atoms with Gasteiger partial charge in [0.25, 0.3) is 5.91 Å². The third-order valence-electron chi connectivity index (χ3n) is 1.57. The Labute approximate surface area is 88.9 Å². The smallest absolute Gasteiger partial charge is 0.287 e. The van der Waals surface area contributed by atoms with E-state index < -0.39 is 11.9 Å². The van der Waals surface area contributed by atoms with Crippen LogP contribution in [0.5, 0.6) is 0 Å². The molecule has 1 heterocycles. The van der Waals surface area contributed by atoms with Crippen LogP contribution in [-0.2, 0) is 0 Å². The standard InChI is InChI=1S/C8H10BrNO4/c9-7-2-1-6(14-7)8(13)10-5(3-11)4-12/h1-2,5,11-12H,3-4H2,(H,10,13). The molecule has 0 fully saturated rings. The maximum absolute atomic E-state index is 11.3. The molecule has 0 unspecified atom stereocenters. The molecule has 1 amide bonds. The van der Waals surface area contributed by atoms with Crippen LogP contribution in [-0.4, -0.2) is 35.4 Å². The normalized spacial score (nSPS) is 10.6. The molecule has 1 aromatic rings. The van der Waals surface area contributed by atoms with E-state index in [1.165, 1.54) is 6.07 Å². The summed E-state index contributed by atoms with van der Waals surface area (Å²) in [5, 5.41) is 19.8. The molecule has 5 nitrogen and oxygen atoms in total. The third kappa shape index (κ3) is 2.83. The van der Waals surface area contributed by atoms with Gasteiger partial charge >= 0.3 is 0 Å². The fourth-order valence-corrected chi connectivity index (χ4v) is 1.15. The summed E-state index contributed by atoms with van der Waals surface area (Å²) in [5.41, 5.74) is 0. The Bertz CT molecular complexity index is 308. The Morgan fingerprint density at radius 1 is 1.50 bits per heavy atom. The van der Waals surface area contributed by atoms with Crippen molar-refractivity contribution in [1.82, 2.24) is 5.32 Å². The molecule has 0 radical (unpaired) electrons. The number of hydrogen-bond donors (Lipinski definition) is 3. The van der Waals surface area contributed by atoms with E-state index in [-0.39, 0.29) is 19.0 Å². The average Bonchev–Trinajstić information content (AvgIpc) is 2.61. The third-order valence-corrected chi connectivity index (χ3v) is 2.00. The molecule has 0 saturated heterocycles. The minimum Gasteiger partial charge on any atom is -0.444 e. The first-order valence-corrected chi connectivity index (χ1v) is 4.74. The molecule has 14 heavy (non-hydrogen) atoms. The molecule has 0 aliphatic rings. The molecule has 0 saturated carbocycles. The number of carbonyl (C=O) groups is 1. The van der Waals surface area contributed by atoms with E-state index in [9.17, 15) is 4.79 Å². The highest BCUT2D eigenvalue weighted by Gasteiger charge is 2.14. The number of hydrogen-bond acceptors (Lipinski definition) is 4. The summed E-state index contributed by atoms with van der Waals surface area (Å²) in [4.78, 5) is 11.3. The summed E-state index contributed by atoms with van der Waals surface area (Å²) in [6.45, 7) is -0.631. The first-order valence-electron chi connectivity index (χ1n) is 3.95. The molecule has 78 valence electrons. The summed E-state index contributed by atoms with van der Waals surface area (Å²) in [6, 6.07) is 2.42. The van der Waals surface area contributed by atoms with E-state index >= 15 is 0 Å². The minimum atomic E-state index is -0.661. The number of furan rings is 1. The molecule has 0 bridgehead atoms. The van der Waals surface area contributed by atoms with E-state index in [0.29, 0.717) is 4.67 Å². The van der Waals surface area contributed by atoms with E-state index in [2.05, 4.69) is 21.2 Å². The molecular weight excluding hydrogens is 254 g/mol. The second-order valence-electron chi connectivity index (χ2n) is 2.64. The van der Waals surface area contributed by atoms with Crippen LogP contribution >= 0.6 is 15.9 Å². The molecule has 3 N–H and O–H groups in total. The van der Waals surface area contributed by atoms with E-state index in [1.807, 2.05) is 0 Å². The Kier molecular flexibility index (Phi) is 4.12. The van der Waals surface area contributed by atoms with Crippen LogP contribution in [0.25, 0.3) is 0 Å². The van der Waals surface area contributed by atoms with Gasteiger partial charge in [0.2, 0.25) is 0 Å². The Morgan fingerprint density at radius 2 is 2.14 bits per heavy atom. The molecule has 0 spiro atoms. The highest BCUT2D eigenvalue weighted by atomic mass is 79.9. The lowest BCUT2D eigenvalue weighted by Gasteiger charge is -2.11. The largest absolute Gasteiger partial charge is 0.444 e. The predicted octanol–water partition coefficient (Wildman–Crippen LogP) is 0.125. The topological polar surface area (TPSA) is 82.7 Å². The highest BCUT2D eigenvalue weighted by molar-refractivity contribution is 9.10. The van der Waals surface area contributed by atoms with Gasteiger partial charge < -0.3 is 19.9 Å². The van der Waals surface area contributed by atoms with Crippen LogP contribution in [0.2, 0.25) is 0 Å². The number of aliphatic hydroxyl groups is 2. The van der Waals surface area contributed by atoms with E-state index in [4.69, 9.17) is 14.6 Å². The average molecular weight is 264 g/mol. The second-order valence-corrected chi connectivity index (χ2v) is 3.42. The van der Waals surface area contributed by atoms with Crippen molar-refractivity contribution in [2.45, 2.75) is 6.04 Å². The Balaban J connectivity index is 2.58. The maximum Gasteiger partial charge on any atom is 0.287 e. The van der Waals surface area contributed by atoms with E-state index in [1.54, 1.807) is 6.07 Å². The fourth-order valence-electron chi connectivity index (χ4n) is 0.842. The van der Waals surface area contributed by atoms with Crippen LogP contribution in [0.3, 0.4) is 0 Å². The van der Waals surface area contributed by atoms with Crippen molar-refractivity contribution in [3.63, 3.8) is 0 Å². The number of aliphatic hydroxyl groups excluding tert-OH is 2. The van der Waals surface area contributed by atoms with Crippen molar-refractivity contribution in [3.8, 4) is 0 Å². The van der Waals surface area contributed by atoms with Crippen molar-refractivity contribution in [2.24, 2.45) is 0 Å². The first kappa shape index (κ1) is 11.2. The zero-order valence-corrected chi connectivity index (χ0v) is 8.82. The molecule has 6 heteroatoms. The number of carbonyl (C=O) groups excluding carboxylic acids is 1. The monoisotopic (exact) mass is 263 g/mol. The van der Waals surface area contributed by atoms with Crippen LogP contribution in [0.15, 0.2) is 21.2 Å². The van der Waals surface area contributed by atoms with Gasteiger partial charge in [-0.25, -0.2) is 0 Å². The minimum absolute atomic E-state index is 0.128. The zero-order chi connectivity index (χ0) is 10.6. The summed E-state index contributed by atoms with van der Waals surface area (Å²) < 4.78 is 5.43. The lowest BCUT2D eigenvalue weighted by atomic mass is 10.3. The van der Waals surface area contributed by atoms with Crippen LogP contribution in [0.1, 0.15) is 10.6 Å². The molecular formula is C8H10BrNO4. The Morgan fingerprint density at radius 3 is 2.57 bits per heavy atom. The van der Waals surface area contributed by atoms with Gasteiger partial charge in [-0.1, -0.05) is 0 Å². The molecule has 1 aromatic heterocycles. The Hall–Kier alpha value is -0.850. The molecule has 0 aromatic carbocycles. The van der Waals surface area contributed by atoms with Crippen molar-refractivity contribution < 1.29 is 19.4 Å². The van der Waals surface area contributed by atoms with Gasteiger partial charge in [-0.15, -0.1) is 0 Å². The molecule has 0 atom stereocenters. The van der Waals surface area contributed by atoms with Gasteiger partial charge in [-0.2, -0.15) is 0 Å². The maximum atomic E-state index is 11.3. The lowest BCUT2D eigenvalue weighted by molar-refractivity contribution is 0.0851. The number of amides is 1. The predicted molar refractivity (Wildman–Crippen MR) is 51.8 cm³/mol. The van der Waals surface area contributed by atoms with Crippen molar-refractivity contribution in [1.29, 1.82) is 0 Å². The number of nitrogens with one attached hydrogen (secondary N) is 1. The zero-order valence-electron chi connectivity index (χ0n) is 7.24. The van der Waals surface area contributed by atoms with Crippen LogP contribution in [0.4, 0.5) is 0 Å². The summed E-state index contributed by atoms with van der Waals surface area (Å²) in [6.07, 6.45) is 0. The summed E-state index contributed by atoms with van der Waals surface area (Å²) in [7, 11) is 0. The number of rotatable bonds is 4. The fraction of sp³-hybridized carbons (Fsp3) is 0.375. The molecule has 0 aliphatic heterocycles. The van der Waals surface area contributed by atoms with E-state index in [0.717, 1.165) is 0 Å². The van der Waals surface area contributed by atoms with Crippen LogP contribution in [0, 0.1) is 0 Å². The molecule has 1 rings (SSSR count). The van der Waals surface area contributed by atoms with Gasteiger partial charge in [0.15, 0.2) is 10.4 Å². The number of halogens is 1. The van der Waals surface area contributed by atoms with Crippen molar-refractivity contribution >= 4 is 21.8 Å². The second kappa shape index (κ2) is 5.14. The first-order chi connectivity index (χ1) is 6.67. The van der Waals surface area contributed by atoms with Gasteiger partial charge in [0, 0.05) is 0 Å². The van der Waals surface area contributed by atoms with Crippen LogP contribution < -0.4 is 5.32 Å². The van der Waals surface area contributed by atoms with Crippen molar-refractivity contribution in [2.75, 3.05) is 13.2 Å². The van der Waals surface area contributed by atoms with Gasteiger partial charge in [-0.05, 0) is 28.1 Å². The van der Waals surface area contributed by atoms with Gasteiger partial charge in [-0.3, -0.25) is 4.79 Å².